The van der Waals surface area contributed by atoms with E-state index >= 15 is 0 Å². The lowest BCUT2D eigenvalue weighted by molar-refractivity contribution is -0.146. The highest BCUT2D eigenvalue weighted by Crippen LogP contribution is 2.53. The number of aliphatic hydroxyl groups excluding tert-OH is 1. The van der Waals surface area contributed by atoms with E-state index in [-0.39, 0.29) is 41.5 Å². The van der Waals surface area contributed by atoms with Gasteiger partial charge in [0.1, 0.15) is 23.7 Å². The van der Waals surface area contributed by atoms with Crippen molar-refractivity contribution in [1.82, 2.24) is 0 Å². The van der Waals surface area contributed by atoms with Gasteiger partial charge in [0.2, 0.25) is 0 Å². The van der Waals surface area contributed by atoms with E-state index in [1.807, 2.05) is 33.8 Å². The molecule has 2 bridgehead atoms. The quantitative estimate of drug-likeness (QED) is 0.290. The van der Waals surface area contributed by atoms with Gasteiger partial charge in [0.15, 0.2) is 11.5 Å². The van der Waals surface area contributed by atoms with Gasteiger partial charge in [-0.25, -0.2) is 4.79 Å². The summed E-state index contributed by atoms with van der Waals surface area (Å²) in [6.07, 6.45) is 5.74. The zero-order chi connectivity index (χ0) is 26.5. The van der Waals surface area contributed by atoms with Gasteiger partial charge in [0.25, 0.3) is 0 Å². The molecule has 2 aromatic carbocycles. The Morgan fingerprint density at radius 1 is 1.24 bits per heavy atom. The van der Waals surface area contributed by atoms with Crippen LogP contribution in [0.4, 0.5) is 0 Å². The van der Waals surface area contributed by atoms with Crippen LogP contribution in [0.15, 0.2) is 36.4 Å². The predicted molar refractivity (Wildman–Crippen MR) is 137 cm³/mol. The van der Waals surface area contributed by atoms with Crippen LogP contribution in [0, 0.1) is 30.1 Å². The number of hydrogen-bond donors (Lipinski definition) is 1. The van der Waals surface area contributed by atoms with Crippen molar-refractivity contribution >= 4 is 11.9 Å². The van der Waals surface area contributed by atoms with Crippen molar-refractivity contribution in [2.24, 2.45) is 23.2 Å². The largest absolute Gasteiger partial charge is 0.495 e. The Kier molecular flexibility index (Phi) is 6.52. The van der Waals surface area contributed by atoms with Crippen LogP contribution >= 0.6 is 0 Å². The molecule has 1 saturated carbocycles. The average Bonchev–Trinajstić information content (AvgIpc) is 3.43. The second-order valence-electron chi connectivity index (χ2n) is 11.1. The summed E-state index contributed by atoms with van der Waals surface area (Å²) in [5, 5.41) is 10.8. The summed E-state index contributed by atoms with van der Waals surface area (Å²) in [6.45, 7) is 7.81. The number of fused-ring (bicyclic) bond motifs is 4. The third kappa shape index (κ3) is 4.50. The first-order valence-electron chi connectivity index (χ1n) is 12.9. The molecule has 37 heavy (non-hydrogen) atoms. The van der Waals surface area contributed by atoms with Crippen molar-refractivity contribution < 1.29 is 33.6 Å². The molecule has 3 aliphatic rings. The SMILES string of the molecule is COc1c([C@@H](O)CC(C)C)ccc2c1C(=O)OCc1cc(C)cc(OC(=O)[C@@]3(C)C[C@H]4C=C[C@@H]3C4)c1O2. The average molecular weight is 507 g/mol. The molecule has 0 aromatic heterocycles. The summed E-state index contributed by atoms with van der Waals surface area (Å²) in [7, 11) is 1.45. The zero-order valence-corrected chi connectivity index (χ0v) is 22.0. The molecule has 1 fully saturated rings. The maximum absolute atomic E-state index is 13.4. The van der Waals surface area contributed by atoms with Gasteiger partial charge in [0.05, 0.1) is 18.6 Å². The van der Waals surface area contributed by atoms with Gasteiger partial charge in [-0.15, -0.1) is 0 Å². The maximum Gasteiger partial charge on any atom is 0.346 e. The van der Waals surface area contributed by atoms with Gasteiger partial charge in [0, 0.05) is 11.1 Å². The molecule has 0 radical (unpaired) electrons. The predicted octanol–water partition coefficient (Wildman–Crippen LogP) is 6.05. The van der Waals surface area contributed by atoms with Gasteiger partial charge in [-0.1, -0.05) is 26.0 Å². The highest BCUT2D eigenvalue weighted by Gasteiger charge is 2.51. The number of rotatable bonds is 6. The van der Waals surface area contributed by atoms with Crippen molar-refractivity contribution in [3.05, 3.63) is 58.7 Å². The van der Waals surface area contributed by atoms with Gasteiger partial charge < -0.3 is 24.1 Å². The number of allylic oxidation sites excluding steroid dienone is 2. The lowest BCUT2D eigenvalue weighted by Crippen LogP contribution is -2.35. The fourth-order valence-corrected chi connectivity index (χ4v) is 5.90. The summed E-state index contributed by atoms with van der Waals surface area (Å²) in [6, 6.07) is 6.94. The molecule has 2 aliphatic carbocycles. The van der Waals surface area contributed by atoms with E-state index in [1.54, 1.807) is 18.2 Å². The van der Waals surface area contributed by atoms with Gasteiger partial charge in [-0.2, -0.15) is 0 Å². The smallest absolute Gasteiger partial charge is 0.346 e. The van der Waals surface area contributed by atoms with Gasteiger partial charge >= 0.3 is 11.9 Å². The molecular formula is C30H34O7. The summed E-state index contributed by atoms with van der Waals surface area (Å²) in [5.74, 6) is 0.957. The molecule has 7 heteroatoms. The van der Waals surface area contributed by atoms with E-state index in [9.17, 15) is 14.7 Å². The van der Waals surface area contributed by atoms with Crippen molar-refractivity contribution in [1.29, 1.82) is 0 Å². The third-order valence-electron chi connectivity index (χ3n) is 7.80. The van der Waals surface area contributed by atoms with E-state index in [1.165, 1.54) is 7.11 Å². The molecule has 1 heterocycles. The number of carbonyl (C=O) groups excluding carboxylic acids is 2. The number of benzene rings is 2. The third-order valence-corrected chi connectivity index (χ3v) is 7.80. The van der Waals surface area contributed by atoms with E-state index in [0.717, 1.165) is 18.4 Å². The minimum atomic E-state index is -0.818. The molecule has 4 atom stereocenters. The van der Waals surface area contributed by atoms with Crippen LogP contribution in [-0.2, 0) is 16.1 Å². The normalized spacial score (nSPS) is 24.5. The fraction of sp³-hybridized carbons (Fsp3) is 0.467. The number of aliphatic hydroxyl groups is 1. The number of cyclic esters (lactones) is 1. The standard InChI is InChI=1S/C30H34O7/c1-16(2)10-22(31)21-8-9-23-25(27(21)34-5)28(32)35-15-19-11-17(3)12-24(26(19)36-23)37-29(33)30(4)14-18-6-7-20(30)13-18/h6-9,11-12,16,18,20,22,31H,10,13-15H2,1-5H3/t18-,20+,22-,30-/m0/s1. The molecular weight excluding hydrogens is 472 g/mol. The van der Waals surface area contributed by atoms with E-state index in [2.05, 4.69) is 12.2 Å². The minimum Gasteiger partial charge on any atom is -0.495 e. The highest BCUT2D eigenvalue weighted by molar-refractivity contribution is 5.97. The summed E-state index contributed by atoms with van der Waals surface area (Å²) in [5.41, 5.74) is 1.44. The van der Waals surface area contributed by atoms with Crippen LogP contribution < -0.4 is 14.2 Å². The first-order chi connectivity index (χ1) is 17.6. The van der Waals surface area contributed by atoms with Crippen LogP contribution in [-0.4, -0.2) is 24.2 Å². The number of ether oxygens (including phenoxy) is 4. The van der Waals surface area contributed by atoms with Gasteiger partial charge in [-0.05, 0) is 80.7 Å². The summed E-state index contributed by atoms with van der Waals surface area (Å²) < 4.78 is 23.6. The van der Waals surface area contributed by atoms with Crippen molar-refractivity contribution in [3.8, 4) is 23.0 Å². The molecule has 0 unspecified atom stereocenters. The first kappa shape index (κ1) is 25.3. The van der Waals surface area contributed by atoms with Crippen LogP contribution in [0.5, 0.6) is 23.0 Å². The van der Waals surface area contributed by atoms with Crippen LogP contribution in [0.2, 0.25) is 0 Å². The Hall–Kier alpha value is -3.32. The number of aryl methyl sites for hydroxylation is 1. The lowest BCUT2D eigenvalue weighted by Gasteiger charge is -2.29. The monoisotopic (exact) mass is 506 g/mol. The van der Waals surface area contributed by atoms with Crippen LogP contribution in [0.1, 0.15) is 73.2 Å². The second kappa shape index (κ2) is 9.53. The molecule has 1 aliphatic heterocycles. The molecule has 0 spiro atoms. The zero-order valence-electron chi connectivity index (χ0n) is 22.0. The van der Waals surface area contributed by atoms with E-state index in [0.29, 0.717) is 35.0 Å². The Bertz CT molecular complexity index is 1280. The molecule has 0 amide bonds. The lowest BCUT2D eigenvalue weighted by atomic mass is 9.78. The fourth-order valence-electron chi connectivity index (χ4n) is 5.90. The number of methoxy groups -OCH3 is 1. The Morgan fingerprint density at radius 2 is 2.03 bits per heavy atom. The van der Waals surface area contributed by atoms with E-state index in [4.69, 9.17) is 18.9 Å². The first-order valence-corrected chi connectivity index (χ1v) is 12.9. The number of esters is 2. The number of hydrogen-bond acceptors (Lipinski definition) is 7. The van der Waals surface area contributed by atoms with Crippen molar-refractivity contribution in [3.63, 3.8) is 0 Å². The highest BCUT2D eigenvalue weighted by atomic mass is 16.6. The molecule has 7 nitrogen and oxygen atoms in total. The second-order valence-corrected chi connectivity index (χ2v) is 11.1. The summed E-state index contributed by atoms with van der Waals surface area (Å²) in [4.78, 5) is 26.6. The van der Waals surface area contributed by atoms with Crippen LogP contribution in [0.3, 0.4) is 0 Å². The summed E-state index contributed by atoms with van der Waals surface area (Å²) >= 11 is 0. The molecule has 196 valence electrons. The molecule has 2 aromatic rings. The Balaban J connectivity index is 1.53. The Morgan fingerprint density at radius 3 is 2.68 bits per heavy atom. The molecule has 1 N–H and O–H groups in total. The minimum absolute atomic E-state index is 0.0630. The van der Waals surface area contributed by atoms with Gasteiger partial charge in [-0.3, -0.25) is 4.79 Å². The molecule has 5 rings (SSSR count). The maximum atomic E-state index is 13.4. The van der Waals surface area contributed by atoms with E-state index < -0.39 is 17.5 Å². The topological polar surface area (TPSA) is 91.3 Å². The van der Waals surface area contributed by atoms with Crippen molar-refractivity contribution in [2.45, 2.75) is 59.7 Å². The Labute approximate surface area is 217 Å². The van der Waals surface area contributed by atoms with Crippen molar-refractivity contribution in [2.75, 3.05) is 7.11 Å². The molecule has 0 saturated heterocycles. The van der Waals surface area contributed by atoms with Crippen LogP contribution in [0.25, 0.3) is 0 Å². The number of carbonyl (C=O) groups is 2.